The molecule has 2 aromatic rings. The molecular formula is C14H17Cl2N3O. The largest absolute Gasteiger partial charge is 0.338 e. The summed E-state index contributed by atoms with van der Waals surface area (Å²) in [6, 6.07) is 5.15. The van der Waals surface area contributed by atoms with Crippen LogP contribution in [0.5, 0.6) is 0 Å². The number of unbranched alkanes of at least 4 members (excludes halogenated alkanes) is 1. The first-order valence-electron chi connectivity index (χ1n) is 6.62. The zero-order valence-electron chi connectivity index (χ0n) is 11.3. The monoisotopic (exact) mass is 313 g/mol. The first-order chi connectivity index (χ1) is 9.60. The molecule has 4 nitrogen and oxygen atoms in total. The van der Waals surface area contributed by atoms with Crippen molar-refractivity contribution in [2.24, 2.45) is 5.73 Å². The molecule has 0 bridgehead atoms. The van der Waals surface area contributed by atoms with E-state index in [2.05, 4.69) is 17.1 Å². The van der Waals surface area contributed by atoms with E-state index in [1.165, 1.54) is 0 Å². The molecule has 2 N–H and O–H groups in total. The summed E-state index contributed by atoms with van der Waals surface area (Å²) in [5.41, 5.74) is 6.91. The average molecular weight is 314 g/mol. The third kappa shape index (κ3) is 3.95. The van der Waals surface area contributed by atoms with Crippen molar-refractivity contribution < 1.29 is 4.52 Å². The molecule has 1 aromatic heterocycles. The third-order valence-electron chi connectivity index (χ3n) is 3.03. The smallest absolute Gasteiger partial charge is 0.243 e. The van der Waals surface area contributed by atoms with Gasteiger partial charge in [-0.05, 0) is 24.1 Å². The number of hydrogen-bond donors (Lipinski definition) is 1. The quantitative estimate of drug-likeness (QED) is 0.869. The molecule has 1 heterocycles. The highest BCUT2D eigenvalue weighted by Gasteiger charge is 2.15. The van der Waals surface area contributed by atoms with E-state index in [1.54, 1.807) is 12.1 Å². The molecule has 0 unspecified atom stereocenters. The van der Waals surface area contributed by atoms with Crippen LogP contribution in [0.1, 0.15) is 49.5 Å². The molecule has 6 heteroatoms. The Kier molecular flexibility index (Phi) is 5.40. The van der Waals surface area contributed by atoms with Gasteiger partial charge in [0, 0.05) is 16.5 Å². The van der Waals surface area contributed by atoms with Crippen molar-refractivity contribution in [2.45, 2.75) is 38.6 Å². The summed E-state index contributed by atoms with van der Waals surface area (Å²) in [5.74, 6) is 1.06. The fourth-order valence-electron chi connectivity index (χ4n) is 1.87. The summed E-state index contributed by atoms with van der Waals surface area (Å²) in [7, 11) is 0. The number of nitrogens with two attached hydrogens (primary N) is 1. The van der Waals surface area contributed by atoms with Crippen LogP contribution in [-0.2, 0) is 6.42 Å². The first-order valence-corrected chi connectivity index (χ1v) is 7.37. The van der Waals surface area contributed by atoms with Crippen LogP contribution in [0, 0.1) is 0 Å². The number of halogens is 2. The second kappa shape index (κ2) is 7.07. The molecule has 0 saturated heterocycles. The van der Waals surface area contributed by atoms with Crippen molar-refractivity contribution in [3.63, 3.8) is 0 Å². The lowest BCUT2D eigenvalue weighted by atomic mass is 10.1. The number of nitrogens with zero attached hydrogens (tertiary/aromatic N) is 2. The van der Waals surface area contributed by atoms with Gasteiger partial charge in [0.05, 0.1) is 6.04 Å². The van der Waals surface area contributed by atoms with Gasteiger partial charge in [-0.25, -0.2) is 0 Å². The minimum atomic E-state index is -0.197. The topological polar surface area (TPSA) is 64.9 Å². The molecular weight excluding hydrogens is 297 g/mol. The van der Waals surface area contributed by atoms with E-state index in [1.807, 2.05) is 6.07 Å². The van der Waals surface area contributed by atoms with Crippen LogP contribution in [0.3, 0.4) is 0 Å². The van der Waals surface area contributed by atoms with E-state index in [4.69, 9.17) is 33.5 Å². The van der Waals surface area contributed by atoms with Gasteiger partial charge in [-0.2, -0.15) is 4.98 Å². The molecule has 2 rings (SSSR count). The molecule has 20 heavy (non-hydrogen) atoms. The molecule has 0 aliphatic carbocycles. The van der Waals surface area contributed by atoms with Gasteiger partial charge in [-0.3, -0.25) is 0 Å². The molecule has 1 aromatic carbocycles. The molecule has 0 aliphatic heterocycles. The van der Waals surface area contributed by atoms with Crippen LogP contribution in [0.4, 0.5) is 0 Å². The van der Waals surface area contributed by atoms with E-state index in [0.29, 0.717) is 28.2 Å². The van der Waals surface area contributed by atoms with E-state index >= 15 is 0 Å². The molecule has 0 amide bonds. The van der Waals surface area contributed by atoms with Crippen LogP contribution in [0.25, 0.3) is 0 Å². The predicted molar refractivity (Wildman–Crippen MR) is 80.0 cm³/mol. The van der Waals surface area contributed by atoms with Crippen LogP contribution in [-0.4, -0.2) is 10.1 Å². The Morgan fingerprint density at radius 1 is 1.35 bits per heavy atom. The highest BCUT2D eigenvalue weighted by atomic mass is 35.5. The van der Waals surface area contributed by atoms with Gasteiger partial charge in [-0.1, -0.05) is 54.2 Å². The standard InChI is InChI=1S/C14H17Cl2N3O/c1-2-3-4-12(17)14-18-13(19-20-14)7-9-5-6-10(15)8-11(9)16/h5-6,8,12H,2-4,7,17H2,1H3/t12-/m0/s1. The fourth-order valence-corrected chi connectivity index (χ4v) is 2.35. The van der Waals surface area contributed by atoms with Gasteiger partial charge in [-0.15, -0.1) is 0 Å². The summed E-state index contributed by atoms with van der Waals surface area (Å²) in [5, 5.41) is 5.15. The second-order valence-corrected chi connectivity index (χ2v) is 5.55. The van der Waals surface area contributed by atoms with Crippen molar-refractivity contribution in [1.29, 1.82) is 0 Å². The van der Waals surface area contributed by atoms with E-state index in [-0.39, 0.29) is 6.04 Å². The average Bonchev–Trinajstić information content (AvgIpc) is 2.88. The van der Waals surface area contributed by atoms with Crippen LogP contribution >= 0.6 is 23.2 Å². The van der Waals surface area contributed by atoms with Gasteiger partial charge in [0.2, 0.25) is 5.89 Å². The highest BCUT2D eigenvalue weighted by molar-refractivity contribution is 6.35. The Bertz CT molecular complexity index is 571. The minimum absolute atomic E-state index is 0.197. The molecule has 0 fully saturated rings. The van der Waals surface area contributed by atoms with Crippen LogP contribution in [0.15, 0.2) is 22.7 Å². The Hall–Kier alpha value is -1.10. The van der Waals surface area contributed by atoms with E-state index < -0.39 is 0 Å². The second-order valence-electron chi connectivity index (χ2n) is 4.71. The molecule has 0 radical (unpaired) electrons. The van der Waals surface area contributed by atoms with Crippen molar-refractivity contribution in [3.05, 3.63) is 45.5 Å². The number of hydrogen-bond acceptors (Lipinski definition) is 4. The Morgan fingerprint density at radius 3 is 2.85 bits per heavy atom. The minimum Gasteiger partial charge on any atom is -0.338 e. The lowest BCUT2D eigenvalue weighted by Crippen LogP contribution is -2.10. The summed E-state index contributed by atoms with van der Waals surface area (Å²) in [6.07, 6.45) is 3.48. The van der Waals surface area contributed by atoms with Gasteiger partial charge in [0.25, 0.3) is 0 Å². The maximum absolute atomic E-state index is 6.12. The van der Waals surface area contributed by atoms with E-state index in [9.17, 15) is 0 Å². The Labute approximate surface area is 128 Å². The molecule has 0 saturated carbocycles. The maximum atomic E-state index is 6.12. The van der Waals surface area contributed by atoms with Gasteiger partial charge < -0.3 is 10.3 Å². The van der Waals surface area contributed by atoms with Crippen LogP contribution < -0.4 is 5.73 Å². The van der Waals surface area contributed by atoms with Gasteiger partial charge in [0.1, 0.15) is 0 Å². The SMILES string of the molecule is CCCC[C@H](N)c1nc(Cc2ccc(Cl)cc2Cl)no1. The molecule has 0 aliphatic rings. The molecule has 0 spiro atoms. The number of aromatic nitrogens is 2. The van der Waals surface area contributed by atoms with Gasteiger partial charge >= 0.3 is 0 Å². The van der Waals surface area contributed by atoms with Crippen molar-refractivity contribution in [1.82, 2.24) is 10.1 Å². The lowest BCUT2D eigenvalue weighted by molar-refractivity contribution is 0.343. The van der Waals surface area contributed by atoms with Crippen molar-refractivity contribution >= 4 is 23.2 Å². The lowest BCUT2D eigenvalue weighted by Gasteiger charge is -2.04. The van der Waals surface area contributed by atoms with Crippen molar-refractivity contribution in [2.75, 3.05) is 0 Å². The van der Waals surface area contributed by atoms with Gasteiger partial charge in [0.15, 0.2) is 5.82 Å². The normalized spacial score (nSPS) is 12.6. The Morgan fingerprint density at radius 2 is 2.15 bits per heavy atom. The fraction of sp³-hybridized carbons (Fsp3) is 0.429. The summed E-state index contributed by atoms with van der Waals surface area (Å²) in [6.45, 7) is 2.12. The highest BCUT2D eigenvalue weighted by Crippen LogP contribution is 2.23. The summed E-state index contributed by atoms with van der Waals surface area (Å²) < 4.78 is 5.20. The Balaban J connectivity index is 2.05. The summed E-state index contributed by atoms with van der Waals surface area (Å²) in [4.78, 5) is 4.33. The van der Waals surface area contributed by atoms with Crippen LogP contribution in [0.2, 0.25) is 10.0 Å². The number of benzene rings is 1. The predicted octanol–water partition coefficient (Wildman–Crippen LogP) is 4.16. The molecule has 1 atom stereocenters. The van der Waals surface area contributed by atoms with E-state index in [0.717, 1.165) is 24.8 Å². The maximum Gasteiger partial charge on any atom is 0.243 e. The zero-order valence-corrected chi connectivity index (χ0v) is 12.8. The third-order valence-corrected chi connectivity index (χ3v) is 3.62. The first kappa shape index (κ1) is 15.3. The zero-order chi connectivity index (χ0) is 14.5. The molecule has 108 valence electrons. The number of rotatable bonds is 6. The van der Waals surface area contributed by atoms with Crippen molar-refractivity contribution in [3.8, 4) is 0 Å². The summed E-state index contributed by atoms with van der Waals surface area (Å²) >= 11 is 12.0.